The van der Waals surface area contributed by atoms with Crippen LogP contribution in [0.5, 0.6) is 0 Å². The highest BCUT2D eigenvalue weighted by molar-refractivity contribution is 7.81. The zero-order chi connectivity index (χ0) is 32.1. The molecule has 0 spiro atoms. The Morgan fingerprint density at radius 2 is 1.07 bits per heavy atom. The molecule has 4 saturated heterocycles. The highest BCUT2D eigenvalue weighted by Crippen LogP contribution is 2.32. The van der Waals surface area contributed by atoms with Crippen molar-refractivity contribution in [2.75, 3.05) is 26.2 Å². The van der Waals surface area contributed by atoms with Crippen LogP contribution < -0.4 is 10.6 Å². The van der Waals surface area contributed by atoms with Crippen molar-refractivity contribution in [1.29, 1.82) is 0 Å². The van der Waals surface area contributed by atoms with Gasteiger partial charge in [-0.3, -0.25) is 9.59 Å². The first-order valence-electron chi connectivity index (χ1n) is 13.6. The summed E-state index contributed by atoms with van der Waals surface area (Å²) in [5.74, 6) is -1.05. The lowest BCUT2D eigenvalue weighted by Crippen LogP contribution is -2.50. The van der Waals surface area contributed by atoms with Gasteiger partial charge in [0.05, 0.1) is 25.2 Å². The highest BCUT2D eigenvalue weighted by atomic mass is 32.3. The second-order valence-electron chi connectivity index (χ2n) is 12.5. The third kappa shape index (κ3) is 7.45. The number of carbonyl (C=O) groups excluding carboxylic acids is 6. The average molecular weight is 633 g/mol. The molecule has 4 atom stereocenters. The monoisotopic (exact) mass is 632 g/mol. The van der Waals surface area contributed by atoms with E-state index in [2.05, 4.69) is 10.6 Å². The van der Waals surface area contributed by atoms with E-state index in [0.29, 0.717) is 10.1 Å². The zero-order valence-electron chi connectivity index (χ0n) is 24.6. The number of rotatable bonds is 8. The van der Waals surface area contributed by atoms with Gasteiger partial charge in [0.1, 0.15) is 23.3 Å². The molecule has 19 heteroatoms. The minimum atomic E-state index is -5.19. The van der Waals surface area contributed by atoms with Crippen molar-refractivity contribution >= 4 is 46.2 Å². The molecular formula is C24H36N6O12S. The number of nitrogens with one attached hydrogen (secondary N) is 2. The number of ketones is 2. The lowest BCUT2D eigenvalue weighted by molar-refractivity contribution is -0.136. The minimum absolute atomic E-state index is 0.137. The predicted molar refractivity (Wildman–Crippen MR) is 142 cm³/mol. The number of urea groups is 2. The van der Waals surface area contributed by atoms with Crippen molar-refractivity contribution in [1.82, 2.24) is 30.6 Å². The van der Waals surface area contributed by atoms with Crippen LogP contribution in [0.2, 0.25) is 0 Å². The van der Waals surface area contributed by atoms with E-state index in [1.165, 1.54) is 9.80 Å². The number of nitrogens with zero attached hydrogens (tertiary/aromatic N) is 4. The fraction of sp³-hybridized carbons (Fsp3) is 0.750. The number of carbonyl (C=O) groups is 6. The molecule has 0 saturated carbocycles. The summed E-state index contributed by atoms with van der Waals surface area (Å²) in [6.07, 6.45) is -1.90. The molecule has 4 aliphatic rings. The quantitative estimate of drug-likeness (QED) is 0.363. The summed E-state index contributed by atoms with van der Waals surface area (Å²) in [5.41, 5.74) is -1.54. The van der Waals surface area contributed by atoms with E-state index in [4.69, 9.17) is 18.0 Å². The van der Waals surface area contributed by atoms with Crippen LogP contribution in [0.4, 0.5) is 19.2 Å². The van der Waals surface area contributed by atoms with Gasteiger partial charge in [-0.25, -0.2) is 19.2 Å². The molecule has 0 unspecified atom stereocenters. The Morgan fingerprint density at radius 1 is 0.721 bits per heavy atom. The van der Waals surface area contributed by atoms with Gasteiger partial charge in [-0.15, -0.1) is 8.57 Å². The zero-order valence-corrected chi connectivity index (χ0v) is 25.5. The number of amides is 6. The Labute approximate surface area is 248 Å². The topological polar surface area (TPSA) is 210 Å². The Balaban J connectivity index is 1.37. The van der Waals surface area contributed by atoms with Crippen LogP contribution in [0.15, 0.2) is 0 Å². The Morgan fingerprint density at radius 3 is 1.40 bits per heavy atom. The van der Waals surface area contributed by atoms with E-state index in [0.717, 1.165) is 0 Å². The molecule has 4 rings (SSSR count). The number of hydroxylamine groups is 4. The summed E-state index contributed by atoms with van der Waals surface area (Å²) in [6.45, 7) is 9.31. The summed E-state index contributed by atoms with van der Waals surface area (Å²) >= 11 is 0. The van der Waals surface area contributed by atoms with Crippen molar-refractivity contribution in [2.24, 2.45) is 0 Å². The first-order chi connectivity index (χ1) is 19.7. The van der Waals surface area contributed by atoms with Gasteiger partial charge >= 0.3 is 34.6 Å². The highest BCUT2D eigenvalue weighted by Gasteiger charge is 2.55. The Hall–Kier alpha value is -3.71. The van der Waals surface area contributed by atoms with Gasteiger partial charge < -0.3 is 29.9 Å². The summed E-state index contributed by atoms with van der Waals surface area (Å²) < 4.78 is 45.7. The van der Waals surface area contributed by atoms with Crippen LogP contribution in [-0.4, -0.2) is 126 Å². The molecule has 4 aliphatic heterocycles. The maximum absolute atomic E-state index is 13.0. The SMILES string of the molecule is CC(C)(C)OC(=O)NC[C@@H]1CC(=O)[C@@H]2CN1C(=O)N2OS(=O)(=O)ON1C(=O)N2C[C@H]1C(=O)C[C@H]2CNC(=O)OC(C)(C)C. The van der Waals surface area contributed by atoms with Gasteiger partial charge in [-0.2, -0.15) is 18.5 Å². The predicted octanol–water partition coefficient (Wildman–Crippen LogP) is 0.0390. The van der Waals surface area contributed by atoms with E-state index >= 15 is 0 Å². The molecule has 18 nitrogen and oxygen atoms in total. The number of hydrogen-bond donors (Lipinski definition) is 2. The molecule has 4 bridgehead atoms. The summed E-state index contributed by atoms with van der Waals surface area (Å²) in [7, 11) is -5.19. The molecule has 0 aromatic carbocycles. The summed E-state index contributed by atoms with van der Waals surface area (Å²) in [4.78, 5) is 77.9. The van der Waals surface area contributed by atoms with Crippen molar-refractivity contribution in [3.8, 4) is 0 Å². The number of ether oxygens (including phenoxy) is 2. The Kier molecular flexibility index (Phi) is 8.55. The van der Waals surface area contributed by atoms with Crippen LogP contribution in [0.3, 0.4) is 0 Å². The standard InChI is InChI=1S/C24H36N6O12S/c1-23(2,3)39-19(33)25-9-13-7-17(31)15-11-27(13)21(35)29(15)41-43(37,38)42-30-16-12-28(22(30)36)14(8-18(16)32)10-26-20(34)40-24(4,5)6/h13-16H,7-12H2,1-6H3,(H,25,33)(H,26,34)/t13-,14-,15-,16-/m0/s1. The molecule has 4 heterocycles. The fourth-order valence-corrected chi connectivity index (χ4v) is 5.76. The van der Waals surface area contributed by atoms with Crippen LogP contribution in [0.1, 0.15) is 54.4 Å². The first-order valence-corrected chi connectivity index (χ1v) is 14.9. The number of fused-ring (bicyclic) bond motifs is 4. The van der Waals surface area contributed by atoms with Gasteiger partial charge in [0.25, 0.3) is 0 Å². The first kappa shape index (κ1) is 32.2. The molecule has 43 heavy (non-hydrogen) atoms. The fourth-order valence-electron chi connectivity index (χ4n) is 5.00. The molecule has 0 aromatic rings. The molecule has 240 valence electrons. The van der Waals surface area contributed by atoms with E-state index in [9.17, 15) is 37.2 Å². The maximum Gasteiger partial charge on any atom is 0.442 e. The van der Waals surface area contributed by atoms with Crippen LogP contribution >= 0.6 is 0 Å². The molecule has 0 aliphatic carbocycles. The van der Waals surface area contributed by atoms with Crippen molar-refractivity contribution in [3.05, 3.63) is 0 Å². The average Bonchev–Trinajstić information content (AvgIpc) is 3.28. The lowest BCUT2D eigenvalue weighted by atomic mass is 9.99. The van der Waals surface area contributed by atoms with E-state index < -0.39 is 81.6 Å². The molecule has 2 N–H and O–H groups in total. The summed E-state index contributed by atoms with van der Waals surface area (Å²) in [5, 5.41) is 5.65. The van der Waals surface area contributed by atoms with Gasteiger partial charge in [-0.05, 0) is 41.5 Å². The molecular weight excluding hydrogens is 596 g/mol. The van der Waals surface area contributed by atoms with E-state index in [-0.39, 0.29) is 39.0 Å². The molecule has 0 radical (unpaired) electrons. The van der Waals surface area contributed by atoms with E-state index in [1.807, 2.05) is 0 Å². The second kappa shape index (κ2) is 11.4. The number of alkyl carbamates (subject to hydrolysis) is 2. The normalized spacial score (nSPS) is 25.8. The van der Waals surface area contributed by atoms with Crippen LogP contribution in [0, 0.1) is 0 Å². The maximum atomic E-state index is 13.0. The lowest BCUT2D eigenvalue weighted by Gasteiger charge is -2.30. The number of Topliss-reactive ketones (excluding diaryl/α,β-unsaturated/α-hetero) is 2. The number of hydrogen-bond acceptors (Lipinski definition) is 12. The molecule has 0 aromatic heterocycles. The van der Waals surface area contributed by atoms with Gasteiger partial charge in [-0.1, -0.05) is 0 Å². The molecule has 6 amide bonds. The minimum Gasteiger partial charge on any atom is -0.444 e. The van der Waals surface area contributed by atoms with E-state index in [1.54, 1.807) is 41.5 Å². The van der Waals surface area contributed by atoms with Crippen molar-refractivity contribution < 1.29 is 55.2 Å². The summed E-state index contributed by atoms with van der Waals surface area (Å²) in [6, 6.07) is -6.11. The largest absolute Gasteiger partial charge is 0.444 e. The number of piperidine rings is 2. The van der Waals surface area contributed by atoms with Crippen molar-refractivity contribution in [3.63, 3.8) is 0 Å². The van der Waals surface area contributed by atoms with Crippen LogP contribution in [0.25, 0.3) is 0 Å². The Bertz CT molecular complexity index is 1220. The van der Waals surface area contributed by atoms with Gasteiger partial charge in [0.2, 0.25) is 0 Å². The van der Waals surface area contributed by atoms with Gasteiger partial charge in [0.15, 0.2) is 11.6 Å². The third-order valence-corrected chi connectivity index (χ3v) is 7.46. The third-order valence-electron chi connectivity index (χ3n) is 6.78. The van der Waals surface area contributed by atoms with Crippen molar-refractivity contribution in [2.45, 2.75) is 89.8 Å². The second-order valence-corrected chi connectivity index (χ2v) is 13.6. The van der Waals surface area contributed by atoms with Gasteiger partial charge in [0, 0.05) is 25.9 Å². The smallest absolute Gasteiger partial charge is 0.442 e. The van der Waals surface area contributed by atoms with Crippen LogP contribution in [-0.2, 0) is 38.0 Å². The molecule has 4 fully saturated rings.